The lowest BCUT2D eigenvalue weighted by Gasteiger charge is -2.26. The normalized spacial score (nSPS) is 16.1. The van der Waals surface area contributed by atoms with Gasteiger partial charge in [-0.25, -0.2) is 4.79 Å². The highest BCUT2D eigenvalue weighted by molar-refractivity contribution is 6.06. The van der Waals surface area contributed by atoms with Crippen molar-refractivity contribution in [2.24, 2.45) is 0 Å². The van der Waals surface area contributed by atoms with E-state index in [1.54, 1.807) is 4.90 Å². The number of fused-ring (bicyclic) bond motifs is 2. The maximum Gasteiger partial charge on any atom is 0.328 e. The first kappa shape index (κ1) is 17.4. The minimum Gasteiger partial charge on any atom is -0.330 e. The van der Waals surface area contributed by atoms with E-state index in [-0.39, 0.29) is 18.2 Å². The van der Waals surface area contributed by atoms with E-state index in [9.17, 15) is 14.4 Å². The quantitative estimate of drug-likeness (QED) is 0.735. The van der Waals surface area contributed by atoms with Crippen LogP contribution < -0.4 is 10.2 Å². The average molecular weight is 385 g/mol. The zero-order chi connectivity index (χ0) is 20.0. The maximum absolute atomic E-state index is 13.0. The number of benzene rings is 3. The summed E-state index contributed by atoms with van der Waals surface area (Å²) < 4.78 is 0. The zero-order valence-electron chi connectivity index (χ0n) is 15.7. The molecule has 6 nitrogen and oxygen atoms in total. The number of nitrogens with zero attached hydrogens (tertiary/aromatic N) is 2. The Morgan fingerprint density at radius 1 is 0.862 bits per heavy atom. The molecule has 1 fully saturated rings. The zero-order valence-corrected chi connectivity index (χ0v) is 15.7. The van der Waals surface area contributed by atoms with Gasteiger partial charge in [0.05, 0.1) is 0 Å². The molecule has 6 heteroatoms. The number of hydrogen-bond acceptors (Lipinski definition) is 3. The molecule has 3 aromatic carbocycles. The number of hydrogen-bond donors (Lipinski definition) is 1. The van der Waals surface area contributed by atoms with Crippen LogP contribution in [0.15, 0.2) is 60.7 Å². The molecule has 0 radical (unpaired) electrons. The Morgan fingerprint density at radius 3 is 2.31 bits per heavy atom. The van der Waals surface area contributed by atoms with E-state index in [2.05, 4.69) is 17.4 Å². The third kappa shape index (κ3) is 3.12. The van der Waals surface area contributed by atoms with Crippen LogP contribution in [0, 0.1) is 0 Å². The number of carbonyl (C=O) groups excluding carboxylic acids is 3. The van der Waals surface area contributed by atoms with E-state index in [1.165, 1.54) is 11.1 Å². The molecule has 4 amide bonds. The molecule has 2 heterocycles. The fraction of sp³-hybridized carbons (Fsp3) is 0.174. The predicted molar refractivity (Wildman–Crippen MR) is 109 cm³/mol. The highest BCUT2D eigenvalue weighted by Gasteiger charge is 2.25. The molecule has 0 spiro atoms. The van der Waals surface area contributed by atoms with E-state index < -0.39 is 6.03 Å². The van der Waals surface area contributed by atoms with Crippen molar-refractivity contribution in [3.63, 3.8) is 0 Å². The highest BCUT2D eigenvalue weighted by Crippen LogP contribution is 2.27. The first-order valence-corrected chi connectivity index (χ1v) is 9.60. The summed E-state index contributed by atoms with van der Waals surface area (Å²) >= 11 is 0. The Bertz CT molecular complexity index is 1150. The topological polar surface area (TPSA) is 69.7 Å². The highest BCUT2D eigenvalue weighted by atomic mass is 16.2. The van der Waals surface area contributed by atoms with Crippen molar-refractivity contribution in [1.29, 1.82) is 0 Å². The van der Waals surface area contributed by atoms with Gasteiger partial charge in [0, 0.05) is 37.3 Å². The molecular weight excluding hydrogens is 366 g/mol. The second-order valence-corrected chi connectivity index (χ2v) is 7.43. The lowest BCUT2D eigenvalue weighted by Crippen LogP contribution is -2.49. The number of anilines is 1. The molecule has 0 unspecified atom stereocenters. The van der Waals surface area contributed by atoms with E-state index in [1.807, 2.05) is 53.4 Å². The van der Waals surface area contributed by atoms with E-state index in [0.29, 0.717) is 30.9 Å². The van der Waals surface area contributed by atoms with Crippen molar-refractivity contribution in [1.82, 2.24) is 10.2 Å². The fourth-order valence-corrected chi connectivity index (χ4v) is 4.00. The van der Waals surface area contributed by atoms with Crippen molar-refractivity contribution in [3.8, 4) is 0 Å². The summed E-state index contributed by atoms with van der Waals surface area (Å²) in [4.78, 5) is 40.0. The molecule has 3 aromatic rings. The van der Waals surface area contributed by atoms with Gasteiger partial charge in [0.2, 0.25) is 5.91 Å². The van der Waals surface area contributed by atoms with Crippen molar-refractivity contribution in [2.45, 2.75) is 19.5 Å². The van der Waals surface area contributed by atoms with Gasteiger partial charge >= 0.3 is 6.03 Å². The second kappa shape index (κ2) is 6.74. The third-order valence-electron chi connectivity index (χ3n) is 5.56. The van der Waals surface area contributed by atoms with Crippen molar-refractivity contribution >= 4 is 34.3 Å². The Labute approximate surface area is 167 Å². The smallest absolute Gasteiger partial charge is 0.328 e. The Morgan fingerprint density at radius 2 is 1.59 bits per heavy atom. The van der Waals surface area contributed by atoms with Crippen molar-refractivity contribution < 1.29 is 14.4 Å². The van der Waals surface area contributed by atoms with Gasteiger partial charge in [-0.05, 0) is 46.2 Å². The molecule has 2 aliphatic rings. The first-order valence-electron chi connectivity index (χ1n) is 9.60. The van der Waals surface area contributed by atoms with Crippen LogP contribution in [0.3, 0.4) is 0 Å². The van der Waals surface area contributed by atoms with Crippen LogP contribution in [-0.4, -0.2) is 29.3 Å². The summed E-state index contributed by atoms with van der Waals surface area (Å²) in [6, 6.07) is 19.0. The van der Waals surface area contributed by atoms with E-state index >= 15 is 0 Å². The molecule has 29 heavy (non-hydrogen) atoms. The Kier molecular flexibility index (Phi) is 4.05. The molecule has 5 rings (SSSR count). The molecule has 1 N–H and O–H groups in total. The summed E-state index contributed by atoms with van der Waals surface area (Å²) in [5.74, 6) is -0.263. The Balaban J connectivity index is 1.43. The number of nitrogens with one attached hydrogen (secondary N) is 1. The molecule has 2 aliphatic heterocycles. The molecule has 0 aliphatic carbocycles. The molecule has 144 valence electrons. The third-order valence-corrected chi connectivity index (χ3v) is 5.56. The molecule has 0 bridgehead atoms. The van der Waals surface area contributed by atoms with Crippen LogP contribution in [-0.2, 0) is 17.9 Å². The summed E-state index contributed by atoms with van der Waals surface area (Å²) in [5.41, 5.74) is 3.71. The van der Waals surface area contributed by atoms with Crippen LogP contribution in [0.25, 0.3) is 10.8 Å². The largest absolute Gasteiger partial charge is 0.330 e. The second-order valence-electron chi connectivity index (χ2n) is 7.43. The van der Waals surface area contributed by atoms with Gasteiger partial charge in [-0.15, -0.1) is 0 Å². The van der Waals surface area contributed by atoms with Crippen molar-refractivity contribution in [3.05, 3.63) is 77.4 Å². The van der Waals surface area contributed by atoms with Crippen molar-refractivity contribution in [2.75, 3.05) is 11.4 Å². The minimum absolute atomic E-state index is 0.00480. The van der Waals surface area contributed by atoms with Gasteiger partial charge < -0.3 is 4.90 Å². The van der Waals surface area contributed by atoms with Crippen LogP contribution in [0.1, 0.15) is 27.9 Å². The standard InChI is InChI=1S/C23H19N3O3/c27-21-9-10-26(23(29)24-21)20-8-7-15-5-6-16(11-19(15)12-20)22(28)25-13-17-3-1-2-4-18(17)14-25/h1-8,11-12H,9-10,13-14H2,(H,24,27,29). The number of carbonyl (C=O) groups is 3. The monoisotopic (exact) mass is 385 g/mol. The SMILES string of the molecule is O=C1CCN(c2ccc3ccc(C(=O)N4Cc5ccccc5C4)cc3c2)C(=O)N1. The molecular formula is C23H19N3O3. The predicted octanol–water partition coefficient (Wildman–Crippen LogP) is 3.44. The fourth-order valence-electron chi connectivity index (χ4n) is 4.00. The first-order chi connectivity index (χ1) is 14.1. The van der Waals surface area contributed by atoms with Gasteiger partial charge in [-0.2, -0.15) is 0 Å². The molecule has 1 saturated heterocycles. The van der Waals surface area contributed by atoms with Crippen LogP contribution in [0.4, 0.5) is 10.5 Å². The maximum atomic E-state index is 13.0. The average Bonchev–Trinajstić information content (AvgIpc) is 3.17. The lowest BCUT2D eigenvalue weighted by atomic mass is 10.0. The van der Waals surface area contributed by atoms with E-state index in [0.717, 1.165) is 10.8 Å². The number of urea groups is 1. The van der Waals surface area contributed by atoms with Crippen LogP contribution >= 0.6 is 0 Å². The van der Waals surface area contributed by atoms with Gasteiger partial charge in [-0.1, -0.05) is 36.4 Å². The Hall–Kier alpha value is -3.67. The summed E-state index contributed by atoms with van der Waals surface area (Å²) in [7, 11) is 0. The summed E-state index contributed by atoms with van der Waals surface area (Å²) in [5, 5.41) is 4.21. The van der Waals surface area contributed by atoms with Crippen LogP contribution in [0.2, 0.25) is 0 Å². The molecule has 0 aromatic heterocycles. The number of rotatable bonds is 2. The summed E-state index contributed by atoms with van der Waals surface area (Å²) in [6.07, 6.45) is 0.276. The summed E-state index contributed by atoms with van der Waals surface area (Å²) in [6.45, 7) is 1.59. The van der Waals surface area contributed by atoms with Gasteiger partial charge in [0.1, 0.15) is 0 Å². The van der Waals surface area contributed by atoms with E-state index in [4.69, 9.17) is 0 Å². The molecule has 0 saturated carbocycles. The van der Waals surface area contributed by atoms with Gasteiger partial charge in [0.25, 0.3) is 5.91 Å². The number of amides is 4. The number of imide groups is 1. The molecule has 0 atom stereocenters. The van der Waals surface area contributed by atoms with Gasteiger partial charge in [0.15, 0.2) is 0 Å². The lowest BCUT2D eigenvalue weighted by molar-refractivity contribution is -0.120. The van der Waals surface area contributed by atoms with Gasteiger partial charge in [-0.3, -0.25) is 19.8 Å². The van der Waals surface area contributed by atoms with Crippen LogP contribution in [0.5, 0.6) is 0 Å². The minimum atomic E-state index is -0.414.